The van der Waals surface area contributed by atoms with Crippen molar-refractivity contribution < 1.29 is 9.53 Å². The monoisotopic (exact) mass is 260 g/mol. The maximum absolute atomic E-state index is 10.3. The molecule has 0 heterocycles. The third-order valence-electron chi connectivity index (χ3n) is 1.68. The van der Waals surface area contributed by atoms with Crippen molar-refractivity contribution >= 4 is 29.6 Å². The number of hydrogen-bond donors (Lipinski definition) is 2. The first-order chi connectivity index (χ1) is 7.68. The molecule has 0 aromatic heterocycles. The number of halogens is 1. The summed E-state index contributed by atoms with van der Waals surface area (Å²) >= 11 is 6.98. The number of ether oxygens (including phenoxy) is 1. The van der Waals surface area contributed by atoms with E-state index in [4.69, 9.17) is 22.1 Å². The van der Waals surface area contributed by atoms with Gasteiger partial charge in [0.2, 0.25) is 0 Å². The average molecular weight is 261 g/mol. The molecule has 0 radical (unpaired) electrons. The highest BCUT2D eigenvalue weighted by Crippen LogP contribution is 2.10. The molecule has 4 nitrogen and oxygen atoms in total. The Morgan fingerprint density at radius 3 is 2.75 bits per heavy atom. The Labute approximate surface area is 104 Å². The number of rotatable bonds is 6. The van der Waals surface area contributed by atoms with E-state index in [0.717, 1.165) is 5.56 Å². The molecule has 16 heavy (non-hydrogen) atoms. The van der Waals surface area contributed by atoms with Crippen molar-refractivity contribution in [3.8, 4) is 0 Å². The Morgan fingerprint density at radius 2 is 2.12 bits per heavy atom. The zero-order valence-electron chi connectivity index (χ0n) is 8.61. The molecule has 1 rings (SSSR count). The van der Waals surface area contributed by atoms with Crippen molar-refractivity contribution in [2.75, 3.05) is 12.4 Å². The largest absolute Gasteiger partial charge is 0.376 e. The van der Waals surface area contributed by atoms with Crippen molar-refractivity contribution in [3.05, 3.63) is 34.9 Å². The fraction of sp³-hybridized carbons (Fsp3) is 0.300. The van der Waals surface area contributed by atoms with Crippen LogP contribution in [-0.2, 0) is 11.3 Å². The second kappa shape index (κ2) is 7.38. The second-order valence-electron chi connectivity index (χ2n) is 2.99. The molecule has 0 unspecified atom stereocenters. The molecule has 0 fully saturated rings. The van der Waals surface area contributed by atoms with Gasteiger partial charge in [-0.05, 0) is 29.6 Å². The number of amides is 2. The van der Waals surface area contributed by atoms with Crippen LogP contribution in [0.5, 0.6) is 0 Å². The van der Waals surface area contributed by atoms with Gasteiger partial charge in [-0.25, -0.2) is 4.79 Å². The van der Waals surface area contributed by atoms with Crippen LogP contribution in [0.1, 0.15) is 5.56 Å². The Hall–Kier alpha value is -0.910. The van der Waals surface area contributed by atoms with Gasteiger partial charge in [0.15, 0.2) is 0 Å². The van der Waals surface area contributed by atoms with Crippen LogP contribution in [0.15, 0.2) is 24.3 Å². The standard InChI is InChI=1S/C10H13ClN2O2S/c11-9-3-1-8(2-4-9)7-15-5-6-16-13-10(12)14/h1-4H,5-7H2,(H3,12,13,14). The van der Waals surface area contributed by atoms with E-state index >= 15 is 0 Å². The van der Waals surface area contributed by atoms with Gasteiger partial charge in [-0.2, -0.15) is 0 Å². The van der Waals surface area contributed by atoms with E-state index in [9.17, 15) is 4.79 Å². The van der Waals surface area contributed by atoms with Gasteiger partial charge in [0.25, 0.3) is 0 Å². The van der Waals surface area contributed by atoms with Gasteiger partial charge in [0.05, 0.1) is 13.2 Å². The van der Waals surface area contributed by atoms with Crippen molar-refractivity contribution in [1.29, 1.82) is 0 Å². The summed E-state index contributed by atoms with van der Waals surface area (Å²) in [6.07, 6.45) is 0. The van der Waals surface area contributed by atoms with Crippen LogP contribution >= 0.6 is 23.5 Å². The Kier molecular flexibility index (Phi) is 6.07. The fourth-order valence-electron chi connectivity index (χ4n) is 0.993. The van der Waals surface area contributed by atoms with Gasteiger partial charge in [-0.3, -0.25) is 4.72 Å². The van der Waals surface area contributed by atoms with E-state index in [-0.39, 0.29) is 0 Å². The van der Waals surface area contributed by atoms with E-state index in [0.29, 0.717) is 24.0 Å². The zero-order valence-corrected chi connectivity index (χ0v) is 10.2. The molecule has 0 aliphatic carbocycles. The molecule has 0 atom stereocenters. The van der Waals surface area contributed by atoms with Crippen molar-refractivity contribution in [2.24, 2.45) is 5.73 Å². The molecule has 0 bridgehead atoms. The van der Waals surface area contributed by atoms with Gasteiger partial charge in [-0.15, -0.1) is 0 Å². The molecule has 0 spiro atoms. The molecule has 0 saturated heterocycles. The molecule has 0 saturated carbocycles. The van der Waals surface area contributed by atoms with Gasteiger partial charge in [-0.1, -0.05) is 23.7 Å². The molecular weight excluding hydrogens is 248 g/mol. The highest BCUT2D eigenvalue weighted by molar-refractivity contribution is 7.97. The Balaban J connectivity index is 2.07. The lowest BCUT2D eigenvalue weighted by atomic mass is 10.2. The molecule has 1 aromatic rings. The van der Waals surface area contributed by atoms with Crippen molar-refractivity contribution in [2.45, 2.75) is 6.61 Å². The lowest BCUT2D eigenvalue weighted by molar-refractivity contribution is 0.136. The summed E-state index contributed by atoms with van der Waals surface area (Å²) in [5.74, 6) is 0.663. The summed E-state index contributed by atoms with van der Waals surface area (Å²) in [7, 11) is 0. The summed E-state index contributed by atoms with van der Waals surface area (Å²) < 4.78 is 7.80. The van der Waals surface area contributed by atoms with E-state index in [1.54, 1.807) is 0 Å². The molecule has 3 N–H and O–H groups in total. The first kappa shape index (κ1) is 13.2. The van der Waals surface area contributed by atoms with Crippen molar-refractivity contribution in [3.63, 3.8) is 0 Å². The smallest absolute Gasteiger partial charge is 0.322 e. The highest BCUT2D eigenvalue weighted by Gasteiger charge is 1.95. The second-order valence-corrected chi connectivity index (χ2v) is 4.33. The summed E-state index contributed by atoms with van der Waals surface area (Å²) in [4.78, 5) is 10.3. The number of hydrogen-bond acceptors (Lipinski definition) is 3. The molecule has 6 heteroatoms. The quantitative estimate of drug-likeness (QED) is 0.609. The predicted molar refractivity (Wildman–Crippen MR) is 66.3 cm³/mol. The van der Waals surface area contributed by atoms with E-state index in [2.05, 4.69) is 4.72 Å². The average Bonchev–Trinajstić information content (AvgIpc) is 2.25. The van der Waals surface area contributed by atoms with Crippen LogP contribution in [-0.4, -0.2) is 18.4 Å². The molecular formula is C10H13ClN2O2S. The Morgan fingerprint density at radius 1 is 1.44 bits per heavy atom. The fourth-order valence-corrected chi connectivity index (χ4v) is 1.56. The number of carbonyl (C=O) groups is 1. The minimum atomic E-state index is -0.539. The molecule has 2 amide bonds. The third-order valence-corrected chi connectivity index (χ3v) is 2.65. The molecule has 88 valence electrons. The minimum Gasteiger partial charge on any atom is -0.376 e. The number of benzene rings is 1. The van der Waals surface area contributed by atoms with Gasteiger partial charge < -0.3 is 10.5 Å². The summed E-state index contributed by atoms with van der Waals surface area (Å²) in [6, 6.07) is 6.93. The lowest BCUT2D eigenvalue weighted by Gasteiger charge is -2.04. The van der Waals surface area contributed by atoms with Crippen molar-refractivity contribution in [1.82, 2.24) is 4.72 Å². The number of primary amides is 1. The van der Waals surface area contributed by atoms with Crippen LogP contribution < -0.4 is 10.5 Å². The minimum absolute atomic E-state index is 0.536. The van der Waals surface area contributed by atoms with Crippen LogP contribution in [0.25, 0.3) is 0 Å². The molecule has 0 aliphatic heterocycles. The van der Waals surface area contributed by atoms with E-state index < -0.39 is 6.03 Å². The maximum Gasteiger partial charge on any atom is 0.322 e. The van der Waals surface area contributed by atoms with Crippen LogP contribution in [0.2, 0.25) is 5.02 Å². The summed E-state index contributed by atoms with van der Waals surface area (Å²) in [5.41, 5.74) is 5.96. The predicted octanol–water partition coefficient (Wildman–Crippen LogP) is 2.17. The molecule has 0 aliphatic rings. The van der Waals surface area contributed by atoms with Gasteiger partial charge in [0, 0.05) is 10.8 Å². The maximum atomic E-state index is 10.3. The SMILES string of the molecule is NC(=O)NSCCOCc1ccc(Cl)cc1. The summed E-state index contributed by atoms with van der Waals surface area (Å²) in [6.45, 7) is 1.09. The van der Waals surface area contributed by atoms with Crippen LogP contribution in [0.4, 0.5) is 4.79 Å². The van der Waals surface area contributed by atoms with Crippen LogP contribution in [0.3, 0.4) is 0 Å². The van der Waals surface area contributed by atoms with Gasteiger partial charge in [0.1, 0.15) is 0 Å². The number of carbonyl (C=O) groups excluding carboxylic acids is 1. The summed E-state index contributed by atoms with van der Waals surface area (Å²) in [5, 5.41) is 0.713. The number of nitrogens with one attached hydrogen (secondary N) is 1. The third kappa shape index (κ3) is 5.85. The van der Waals surface area contributed by atoms with Crippen LogP contribution in [0, 0.1) is 0 Å². The molecule has 1 aromatic carbocycles. The zero-order chi connectivity index (χ0) is 11.8. The van der Waals surface area contributed by atoms with E-state index in [1.807, 2.05) is 24.3 Å². The first-order valence-corrected chi connectivity index (χ1v) is 6.04. The number of nitrogens with two attached hydrogens (primary N) is 1. The number of urea groups is 1. The van der Waals surface area contributed by atoms with E-state index in [1.165, 1.54) is 11.9 Å². The topological polar surface area (TPSA) is 64.4 Å². The normalized spacial score (nSPS) is 10.1. The highest BCUT2D eigenvalue weighted by atomic mass is 35.5. The lowest BCUT2D eigenvalue weighted by Crippen LogP contribution is -2.23. The van der Waals surface area contributed by atoms with Gasteiger partial charge >= 0.3 is 6.03 Å². The Bertz CT molecular complexity index is 332. The first-order valence-electron chi connectivity index (χ1n) is 4.68.